The van der Waals surface area contributed by atoms with E-state index in [-0.39, 0.29) is 12.5 Å². The van der Waals surface area contributed by atoms with Crippen LogP contribution in [0.25, 0.3) is 0 Å². The maximum Gasteiger partial charge on any atom is 0.325 e. The molecule has 5 nitrogen and oxygen atoms in total. The third kappa shape index (κ3) is 3.38. The second-order valence-electron chi connectivity index (χ2n) is 2.95. The average molecular weight is 208 g/mol. The molecule has 1 N–H and O–H groups in total. The van der Waals surface area contributed by atoms with Gasteiger partial charge in [-0.15, -0.1) is 0 Å². The fraction of sp³-hybridized carbons (Fsp3) is 0.300. The zero-order valence-corrected chi connectivity index (χ0v) is 8.61. The number of nitrogens with one attached hydrogen (secondary N) is 1. The molecule has 1 heterocycles. The highest BCUT2D eigenvalue weighted by Gasteiger charge is 2.07. The third-order valence-electron chi connectivity index (χ3n) is 1.79. The van der Waals surface area contributed by atoms with Gasteiger partial charge in [0.2, 0.25) is 0 Å². The third-order valence-corrected chi connectivity index (χ3v) is 1.79. The number of hydrogen-bond donors (Lipinski definition) is 1. The second kappa shape index (κ2) is 5.09. The molecule has 5 heteroatoms. The van der Waals surface area contributed by atoms with Crippen molar-refractivity contribution in [2.45, 2.75) is 6.92 Å². The molecular weight excluding hydrogens is 196 g/mol. The van der Waals surface area contributed by atoms with Crippen LogP contribution in [-0.4, -0.2) is 30.5 Å². The molecule has 0 bridgehead atoms. The minimum absolute atomic E-state index is 0.136. The molecule has 0 aliphatic carbocycles. The highest BCUT2D eigenvalue weighted by atomic mass is 16.5. The van der Waals surface area contributed by atoms with Crippen molar-refractivity contribution in [3.8, 4) is 0 Å². The van der Waals surface area contributed by atoms with E-state index in [1.807, 2.05) is 6.92 Å². The van der Waals surface area contributed by atoms with Crippen LogP contribution in [0.15, 0.2) is 18.3 Å². The van der Waals surface area contributed by atoms with E-state index in [1.54, 1.807) is 12.1 Å². The second-order valence-corrected chi connectivity index (χ2v) is 2.95. The van der Waals surface area contributed by atoms with Crippen LogP contribution in [0.2, 0.25) is 0 Å². The normalized spacial score (nSPS) is 9.47. The molecule has 15 heavy (non-hydrogen) atoms. The van der Waals surface area contributed by atoms with E-state index in [0.29, 0.717) is 5.56 Å². The fourth-order valence-corrected chi connectivity index (χ4v) is 0.929. The molecule has 0 saturated heterocycles. The first-order valence-electron chi connectivity index (χ1n) is 4.41. The minimum Gasteiger partial charge on any atom is -0.468 e. The Morgan fingerprint density at radius 3 is 2.73 bits per heavy atom. The molecule has 0 aliphatic heterocycles. The number of carbonyl (C=O) groups is 2. The Balaban J connectivity index is 2.54. The Hall–Kier alpha value is -1.91. The number of ether oxygens (including phenoxy) is 1. The van der Waals surface area contributed by atoms with Crippen LogP contribution < -0.4 is 5.32 Å². The molecule has 0 aromatic carbocycles. The Bertz CT molecular complexity index is 359. The smallest absolute Gasteiger partial charge is 0.325 e. The number of nitrogens with zero attached hydrogens (tertiary/aromatic N) is 1. The predicted molar refractivity (Wildman–Crippen MR) is 53.3 cm³/mol. The summed E-state index contributed by atoms with van der Waals surface area (Å²) < 4.78 is 4.39. The summed E-state index contributed by atoms with van der Waals surface area (Å²) in [7, 11) is 1.27. The number of methoxy groups -OCH3 is 1. The minimum atomic E-state index is -0.483. The van der Waals surface area contributed by atoms with E-state index in [1.165, 1.54) is 13.3 Å². The first-order chi connectivity index (χ1) is 7.13. The molecule has 1 rings (SSSR count). The Labute approximate surface area is 87.5 Å². The van der Waals surface area contributed by atoms with Gasteiger partial charge in [-0.2, -0.15) is 0 Å². The summed E-state index contributed by atoms with van der Waals surface area (Å²) in [6.07, 6.45) is 1.46. The highest BCUT2D eigenvalue weighted by Crippen LogP contribution is 1.98. The molecule has 0 unspecified atom stereocenters. The largest absolute Gasteiger partial charge is 0.468 e. The number of pyridine rings is 1. The summed E-state index contributed by atoms with van der Waals surface area (Å²) in [6.45, 7) is 1.69. The summed E-state index contributed by atoms with van der Waals surface area (Å²) in [6, 6.07) is 3.38. The first kappa shape index (κ1) is 11.2. The lowest BCUT2D eigenvalue weighted by Gasteiger charge is -2.03. The molecule has 0 spiro atoms. The van der Waals surface area contributed by atoms with Crippen molar-refractivity contribution in [2.24, 2.45) is 0 Å². The van der Waals surface area contributed by atoms with E-state index >= 15 is 0 Å². The van der Waals surface area contributed by atoms with E-state index in [4.69, 9.17) is 0 Å². The van der Waals surface area contributed by atoms with Gasteiger partial charge in [-0.3, -0.25) is 14.6 Å². The molecule has 0 aliphatic rings. The topological polar surface area (TPSA) is 68.3 Å². The maximum atomic E-state index is 11.4. The number of carbonyl (C=O) groups excluding carboxylic acids is 2. The molecule has 0 fully saturated rings. The van der Waals surface area contributed by atoms with E-state index in [0.717, 1.165) is 5.69 Å². The number of aromatic nitrogens is 1. The molecule has 0 atom stereocenters. The van der Waals surface area contributed by atoms with Crippen molar-refractivity contribution in [3.05, 3.63) is 29.6 Å². The average Bonchev–Trinajstić information content (AvgIpc) is 2.26. The van der Waals surface area contributed by atoms with Crippen molar-refractivity contribution < 1.29 is 14.3 Å². The van der Waals surface area contributed by atoms with Gasteiger partial charge in [0.25, 0.3) is 5.91 Å². The van der Waals surface area contributed by atoms with Crippen LogP contribution >= 0.6 is 0 Å². The summed E-state index contributed by atoms with van der Waals surface area (Å²) >= 11 is 0. The van der Waals surface area contributed by atoms with Gasteiger partial charge in [0.15, 0.2) is 0 Å². The van der Waals surface area contributed by atoms with Gasteiger partial charge in [0.1, 0.15) is 6.54 Å². The lowest BCUT2D eigenvalue weighted by molar-refractivity contribution is -0.139. The summed E-state index contributed by atoms with van der Waals surface area (Å²) in [4.78, 5) is 26.1. The molecule has 1 aromatic rings. The molecule has 1 amide bonds. The van der Waals surface area contributed by atoms with Gasteiger partial charge in [0, 0.05) is 11.9 Å². The van der Waals surface area contributed by atoms with Gasteiger partial charge in [-0.1, -0.05) is 0 Å². The highest BCUT2D eigenvalue weighted by molar-refractivity contribution is 5.95. The molecule has 0 saturated carbocycles. The first-order valence-corrected chi connectivity index (χ1v) is 4.41. The summed E-state index contributed by atoms with van der Waals surface area (Å²) in [5, 5.41) is 2.42. The van der Waals surface area contributed by atoms with Gasteiger partial charge < -0.3 is 10.1 Å². The zero-order valence-electron chi connectivity index (χ0n) is 8.61. The Morgan fingerprint density at radius 1 is 1.47 bits per heavy atom. The lowest BCUT2D eigenvalue weighted by Crippen LogP contribution is -2.30. The Morgan fingerprint density at radius 2 is 2.20 bits per heavy atom. The van der Waals surface area contributed by atoms with E-state index in [2.05, 4.69) is 15.0 Å². The van der Waals surface area contributed by atoms with E-state index < -0.39 is 5.97 Å². The van der Waals surface area contributed by atoms with Crippen LogP contribution in [0.3, 0.4) is 0 Å². The van der Waals surface area contributed by atoms with Crippen LogP contribution in [0.5, 0.6) is 0 Å². The zero-order chi connectivity index (χ0) is 11.3. The van der Waals surface area contributed by atoms with Crippen molar-refractivity contribution in [1.82, 2.24) is 10.3 Å². The Kier molecular flexibility index (Phi) is 3.79. The van der Waals surface area contributed by atoms with Gasteiger partial charge in [-0.25, -0.2) is 0 Å². The van der Waals surface area contributed by atoms with Crippen molar-refractivity contribution in [2.75, 3.05) is 13.7 Å². The monoisotopic (exact) mass is 208 g/mol. The van der Waals surface area contributed by atoms with Gasteiger partial charge in [0.05, 0.1) is 12.7 Å². The van der Waals surface area contributed by atoms with Gasteiger partial charge >= 0.3 is 5.97 Å². The van der Waals surface area contributed by atoms with Crippen LogP contribution in [0, 0.1) is 6.92 Å². The number of hydrogen-bond acceptors (Lipinski definition) is 4. The van der Waals surface area contributed by atoms with Crippen LogP contribution in [0.4, 0.5) is 0 Å². The maximum absolute atomic E-state index is 11.4. The van der Waals surface area contributed by atoms with Gasteiger partial charge in [-0.05, 0) is 19.1 Å². The number of esters is 1. The standard InChI is InChI=1S/C10H12N2O3/c1-7-3-4-8(5-11-7)10(14)12-6-9(13)15-2/h3-5H,6H2,1-2H3,(H,12,14). The quantitative estimate of drug-likeness (QED) is 0.725. The summed E-state index contributed by atoms with van der Waals surface area (Å²) in [5.74, 6) is -0.823. The van der Waals surface area contributed by atoms with Crippen molar-refractivity contribution >= 4 is 11.9 Å². The lowest BCUT2D eigenvalue weighted by atomic mass is 10.2. The molecule has 80 valence electrons. The SMILES string of the molecule is COC(=O)CNC(=O)c1ccc(C)nc1. The van der Waals surface area contributed by atoms with E-state index in [9.17, 15) is 9.59 Å². The van der Waals surface area contributed by atoms with Crippen LogP contribution in [-0.2, 0) is 9.53 Å². The molecule has 1 aromatic heterocycles. The number of rotatable bonds is 3. The van der Waals surface area contributed by atoms with Crippen LogP contribution in [0.1, 0.15) is 16.1 Å². The molecule has 0 radical (unpaired) electrons. The fourth-order valence-electron chi connectivity index (χ4n) is 0.929. The summed E-state index contributed by atoms with van der Waals surface area (Å²) in [5.41, 5.74) is 1.25. The number of aryl methyl sites for hydroxylation is 1. The predicted octanol–water partition coefficient (Wildman–Crippen LogP) is 0.293. The van der Waals surface area contributed by atoms with Crippen molar-refractivity contribution in [3.63, 3.8) is 0 Å². The number of amides is 1. The molecular formula is C10H12N2O3. The van der Waals surface area contributed by atoms with Crippen molar-refractivity contribution in [1.29, 1.82) is 0 Å².